The molecule has 0 spiro atoms. The van der Waals surface area contributed by atoms with Gasteiger partial charge in [0.1, 0.15) is 0 Å². The molecule has 4 heteroatoms. The van der Waals surface area contributed by atoms with Gasteiger partial charge < -0.3 is 5.73 Å². The standard InChI is InChI=1S/C17H30BrN3/c1-4-6-7-14-8-10-17(19,11-9-14)12-15-16(18)13(3)20-21(15)5-2/h14H,4-12,19H2,1-3H3. The van der Waals surface area contributed by atoms with E-state index in [1.807, 2.05) is 0 Å². The fourth-order valence-electron chi connectivity index (χ4n) is 3.58. The Kier molecular flexibility index (Phi) is 5.89. The van der Waals surface area contributed by atoms with Crippen LogP contribution in [0.1, 0.15) is 70.2 Å². The molecule has 1 saturated carbocycles. The highest BCUT2D eigenvalue weighted by molar-refractivity contribution is 9.10. The molecule has 0 bridgehead atoms. The minimum atomic E-state index is -0.0371. The van der Waals surface area contributed by atoms with Crippen LogP contribution in [0.15, 0.2) is 4.47 Å². The summed E-state index contributed by atoms with van der Waals surface area (Å²) in [6.07, 6.45) is 9.93. The molecule has 1 aliphatic carbocycles. The molecule has 1 fully saturated rings. The lowest BCUT2D eigenvalue weighted by molar-refractivity contribution is 0.218. The lowest BCUT2D eigenvalue weighted by Gasteiger charge is -2.37. The predicted molar refractivity (Wildman–Crippen MR) is 92.4 cm³/mol. The van der Waals surface area contributed by atoms with Crippen molar-refractivity contribution in [1.29, 1.82) is 0 Å². The van der Waals surface area contributed by atoms with Crippen LogP contribution in [0.2, 0.25) is 0 Å². The fourth-order valence-corrected chi connectivity index (χ4v) is 4.01. The number of rotatable bonds is 6. The Balaban J connectivity index is 2.00. The van der Waals surface area contributed by atoms with E-state index in [1.165, 1.54) is 37.8 Å². The number of aromatic nitrogens is 2. The second-order valence-electron chi connectivity index (χ2n) is 6.79. The maximum atomic E-state index is 6.72. The summed E-state index contributed by atoms with van der Waals surface area (Å²) in [5.74, 6) is 0.905. The number of hydrogen-bond donors (Lipinski definition) is 1. The van der Waals surface area contributed by atoms with E-state index in [-0.39, 0.29) is 5.54 Å². The molecule has 3 nitrogen and oxygen atoms in total. The van der Waals surface area contributed by atoms with Crippen molar-refractivity contribution in [3.05, 3.63) is 15.9 Å². The van der Waals surface area contributed by atoms with Gasteiger partial charge in [-0.15, -0.1) is 0 Å². The van der Waals surface area contributed by atoms with Gasteiger partial charge in [0.15, 0.2) is 0 Å². The molecule has 2 rings (SSSR count). The third kappa shape index (κ3) is 4.10. The molecule has 0 amide bonds. The van der Waals surface area contributed by atoms with Crippen LogP contribution in [-0.2, 0) is 13.0 Å². The van der Waals surface area contributed by atoms with Crippen LogP contribution in [0.3, 0.4) is 0 Å². The maximum absolute atomic E-state index is 6.72. The van der Waals surface area contributed by atoms with Crippen molar-refractivity contribution in [2.75, 3.05) is 0 Å². The lowest BCUT2D eigenvalue weighted by atomic mass is 9.73. The molecule has 0 saturated heterocycles. The van der Waals surface area contributed by atoms with Crippen LogP contribution in [0, 0.1) is 12.8 Å². The Labute approximate surface area is 137 Å². The molecular weight excluding hydrogens is 326 g/mol. The Morgan fingerprint density at radius 1 is 1.33 bits per heavy atom. The molecule has 0 aromatic carbocycles. The van der Waals surface area contributed by atoms with Crippen molar-refractivity contribution in [3.63, 3.8) is 0 Å². The average molecular weight is 356 g/mol. The summed E-state index contributed by atoms with van der Waals surface area (Å²) in [6.45, 7) is 7.40. The monoisotopic (exact) mass is 355 g/mol. The number of aryl methyl sites for hydroxylation is 2. The van der Waals surface area contributed by atoms with Crippen molar-refractivity contribution in [1.82, 2.24) is 9.78 Å². The van der Waals surface area contributed by atoms with Crippen LogP contribution in [-0.4, -0.2) is 15.3 Å². The summed E-state index contributed by atoms with van der Waals surface area (Å²) in [6, 6.07) is 0. The zero-order valence-corrected chi connectivity index (χ0v) is 15.4. The first-order valence-electron chi connectivity index (χ1n) is 8.49. The van der Waals surface area contributed by atoms with E-state index in [0.29, 0.717) is 0 Å². The summed E-state index contributed by atoms with van der Waals surface area (Å²) < 4.78 is 3.26. The van der Waals surface area contributed by atoms with Crippen molar-refractivity contribution >= 4 is 15.9 Å². The normalized spacial score (nSPS) is 26.2. The van der Waals surface area contributed by atoms with E-state index in [4.69, 9.17) is 5.73 Å². The molecule has 0 aliphatic heterocycles. The van der Waals surface area contributed by atoms with E-state index < -0.39 is 0 Å². The van der Waals surface area contributed by atoms with Gasteiger partial charge in [-0.2, -0.15) is 5.10 Å². The summed E-state index contributed by atoms with van der Waals surface area (Å²) >= 11 is 3.70. The van der Waals surface area contributed by atoms with Gasteiger partial charge in [-0.1, -0.05) is 26.2 Å². The molecular formula is C17H30BrN3. The molecule has 1 aromatic heterocycles. The highest BCUT2D eigenvalue weighted by atomic mass is 79.9. The molecule has 2 N–H and O–H groups in total. The van der Waals surface area contributed by atoms with Gasteiger partial charge in [-0.3, -0.25) is 4.68 Å². The Morgan fingerprint density at radius 2 is 2.00 bits per heavy atom. The molecule has 0 unspecified atom stereocenters. The van der Waals surface area contributed by atoms with Crippen LogP contribution < -0.4 is 5.73 Å². The molecule has 120 valence electrons. The van der Waals surface area contributed by atoms with Crippen LogP contribution in [0.5, 0.6) is 0 Å². The SMILES string of the molecule is CCCCC1CCC(N)(Cc2c(Br)c(C)nn2CC)CC1. The summed E-state index contributed by atoms with van der Waals surface area (Å²) in [7, 11) is 0. The summed E-state index contributed by atoms with van der Waals surface area (Å²) in [4.78, 5) is 0. The van der Waals surface area contributed by atoms with Gasteiger partial charge in [-0.05, 0) is 61.4 Å². The van der Waals surface area contributed by atoms with Gasteiger partial charge >= 0.3 is 0 Å². The van der Waals surface area contributed by atoms with Crippen molar-refractivity contribution in [2.24, 2.45) is 11.7 Å². The maximum Gasteiger partial charge on any atom is 0.0738 e. The largest absolute Gasteiger partial charge is 0.325 e. The second kappa shape index (κ2) is 7.28. The van der Waals surface area contributed by atoms with E-state index >= 15 is 0 Å². The van der Waals surface area contributed by atoms with Gasteiger partial charge in [0.2, 0.25) is 0 Å². The second-order valence-corrected chi connectivity index (χ2v) is 7.58. The van der Waals surface area contributed by atoms with E-state index in [0.717, 1.165) is 41.9 Å². The molecule has 1 heterocycles. The highest BCUT2D eigenvalue weighted by Crippen LogP contribution is 2.36. The minimum Gasteiger partial charge on any atom is -0.325 e. The highest BCUT2D eigenvalue weighted by Gasteiger charge is 2.33. The minimum absolute atomic E-state index is 0.0371. The lowest BCUT2D eigenvalue weighted by Crippen LogP contribution is -2.45. The quantitative estimate of drug-likeness (QED) is 0.810. The van der Waals surface area contributed by atoms with Gasteiger partial charge in [0.25, 0.3) is 0 Å². The molecule has 21 heavy (non-hydrogen) atoms. The first-order chi connectivity index (χ1) is 9.99. The molecule has 0 atom stereocenters. The number of nitrogens with zero attached hydrogens (tertiary/aromatic N) is 2. The summed E-state index contributed by atoms with van der Waals surface area (Å²) in [5, 5.41) is 4.59. The van der Waals surface area contributed by atoms with Crippen molar-refractivity contribution in [2.45, 2.75) is 84.2 Å². The number of nitrogens with two attached hydrogens (primary N) is 1. The summed E-state index contributed by atoms with van der Waals surface area (Å²) in [5.41, 5.74) is 9.04. The zero-order chi connectivity index (χ0) is 15.5. The predicted octanol–water partition coefficient (Wildman–Crippen LogP) is 4.59. The van der Waals surface area contributed by atoms with E-state index in [2.05, 4.69) is 46.5 Å². The van der Waals surface area contributed by atoms with Gasteiger partial charge in [0.05, 0.1) is 15.9 Å². The Bertz CT molecular complexity index is 459. The molecule has 1 aliphatic rings. The fraction of sp³-hybridized carbons (Fsp3) is 0.824. The first kappa shape index (κ1) is 17.0. The van der Waals surface area contributed by atoms with Crippen LogP contribution >= 0.6 is 15.9 Å². The molecule has 1 aromatic rings. The topological polar surface area (TPSA) is 43.8 Å². The van der Waals surface area contributed by atoms with Crippen molar-refractivity contribution < 1.29 is 0 Å². The van der Waals surface area contributed by atoms with Gasteiger partial charge in [-0.25, -0.2) is 0 Å². The van der Waals surface area contributed by atoms with Crippen LogP contribution in [0.4, 0.5) is 0 Å². The van der Waals surface area contributed by atoms with Gasteiger partial charge in [0, 0.05) is 18.5 Å². The Morgan fingerprint density at radius 3 is 2.57 bits per heavy atom. The molecule has 0 radical (unpaired) electrons. The smallest absolute Gasteiger partial charge is 0.0738 e. The number of unbranched alkanes of at least 4 members (excludes halogenated alkanes) is 1. The van der Waals surface area contributed by atoms with E-state index in [1.54, 1.807) is 0 Å². The number of halogens is 1. The Hall–Kier alpha value is -0.350. The van der Waals surface area contributed by atoms with Crippen LogP contribution in [0.25, 0.3) is 0 Å². The average Bonchev–Trinajstić information content (AvgIpc) is 2.74. The third-order valence-corrected chi connectivity index (χ3v) is 6.07. The first-order valence-corrected chi connectivity index (χ1v) is 9.29. The van der Waals surface area contributed by atoms with E-state index in [9.17, 15) is 0 Å². The van der Waals surface area contributed by atoms with Crippen molar-refractivity contribution in [3.8, 4) is 0 Å². The third-order valence-electron chi connectivity index (χ3n) is 5.04. The number of hydrogen-bond acceptors (Lipinski definition) is 2. The zero-order valence-electron chi connectivity index (χ0n) is 13.8.